The summed E-state index contributed by atoms with van der Waals surface area (Å²) in [6, 6.07) is 52.7. The number of hydrogen-bond donors (Lipinski definition) is 0. The molecule has 6 heteroatoms. The van der Waals surface area contributed by atoms with Crippen molar-refractivity contribution in [3.63, 3.8) is 0 Å². The van der Waals surface area contributed by atoms with Gasteiger partial charge in [-0.05, 0) is 72.0 Å². The number of allylic oxidation sites excluding steroid dienone is 4. The topological polar surface area (TPSA) is 69.9 Å². The maximum absolute atomic E-state index is 6.83. The van der Waals surface area contributed by atoms with Crippen LogP contribution >= 0.6 is 0 Å². The summed E-state index contributed by atoms with van der Waals surface area (Å²) in [5, 5.41) is 6.57. The fourth-order valence-electron chi connectivity index (χ4n) is 8.84. The van der Waals surface area contributed by atoms with Gasteiger partial charge in [0.1, 0.15) is 16.7 Å². The van der Waals surface area contributed by atoms with Gasteiger partial charge in [0.2, 0.25) is 0 Å². The lowest BCUT2D eigenvalue weighted by Gasteiger charge is -2.13. The number of furan rings is 2. The summed E-state index contributed by atoms with van der Waals surface area (Å²) in [7, 11) is 0. The van der Waals surface area contributed by atoms with Gasteiger partial charge in [0.05, 0.1) is 16.7 Å². The van der Waals surface area contributed by atoms with Crippen LogP contribution in [0.1, 0.15) is 19.2 Å². The van der Waals surface area contributed by atoms with Gasteiger partial charge in [-0.25, -0.2) is 15.0 Å². The zero-order valence-electron chi connectivity index (χ0n) is 31.6. The van der Waals surface area contributed by atoms with E-state index in [0.29, 0.717) is 23.4 Å². The Bertz CT molecular complexity index is 3460. The lowest BCUT2D eigenvalue weighted by Crippen LogP contribution is -2.04. The van der Waals surface area contributed by atoms with Crippen molar-refractivity contribution in [2.45, 2.75) is 13.3 Å². The number of fused-ring (bicyclic) bond motifs is 9. The summed E-state index contributed by atoms with van der Waals surface area (Å²) in [5.74, 6) is 2.32. The number of aromatic nitrogens is 4. The first-order valence-electron chi connectivity index (χ1n) is 19.7. The van der Waals surface area contributed by atoms with Crippen LogP contribution in [0.4, 0.5) is 0 Å². The number of para-hydroxylation sites is 3. The van der Waals surface area contributed by atoms with Crippen molar-refractivity contribution >= 4 is 71.3 Å². The molecule has 6 nitrogen and oxygen atoms in total. The zero-order chi connectivity index (χ0) is 38.3. The van der Waals surface area contributed by atoms with Gasteiger partial charge in [0.15, 0.2) is 23.1 Å². The molecule has 12 rings (SSSR count). The highest BCUT2D eigenvalue weighted by atomic mass is 16.3. The Labute approximate surface area is 333 Å². The summed E-state index contributed by atoms with van der Waals surface area (Å²) in [6.07, 6.45) is 7.57. The van der Waals surface area contributed by atoms with Crippen LogP contribution in [0.15, 0.2) is 179 Å². The molecule has 1 aliphatic rings. The Kier molecular flexibility index (Phi) is 7.17. The van der Waals surface area contributed by atoms with E-state index in [1.54, 1.807) is 0 Å². The third-order valence-corrected chi connectivity index (χ3v) is 11.6. The van der Waals surface area contributed by atoms with Gasteiger partial charge in [-0.1, -0.05) is 128 Å². The first-order chi connectivity index (χ1) is 28.6. The lowest BCUT2D eigenvalue weighted by molar-refractivity contribution is 0.666. The summed E-state index contributed by atoms with van der Waals surface area (Å²) in [4.78, 5) is 15.2. The quantitative estimate of drug-likeness (QED) is 0.175. The third kappa shape index (κ3) is 5.08. The highest BCUT2D eigenvalue weighted by Gasteiger charge is 2.21. The normalized spacial score (nSPS) is 14.4. The number of hydrogen-bond acceptors (Lipinski definition) is 5. The van der Waals surface area contributed by atoms with Crippen molar-refractivity contribution in [2.75, 3.05) is 0 Å². The first kappa shape index (κ1) is 32.7. The fraction of sp³-hybridized carbons (Fsp3) is 0.0577. The van der Waals surface area contributed by atoms with Gasteiger partial charge in [0.25, 0.3) is 0 Å². The van der Waals surface area contributed by atoms with E-state index in [9.17, 15) is 0 Å². The Morgan fingerprint density at radius 1 is 0.517 bits per heavy atom. The van der Waals surface area contributed by atoms with Crippen LogP contribution in [0.25, 0.3) is 111 Å². The maximum Gasteiger partial charge on any atom is 0.164 e. The van der Waals surface area contributed by atoms with Crippen molar-refractivity contribution in [1.82, 2.24) is 19.5 Å². The Hall–Kier alpha value is -7.57. The largest absolute Gasteiger partial charge is 0.456 e. The van der Waals surface area contributed by atoms with Crippen LogP contribution in [0.2, 0.25) is 0 Å². The minimum atomic E-state index is 0.404. The van der Waals surface area contributed by atoms with E-state index in [-0.39, 0.29) is 0 Å². The molecule has 0 bridgehead atoms. The minimum absolute atomic E-state index is 0.404. The molecule has 0 spiro atoms. The van der Waals surface area contributed by atoms with Gasteiger partial charge in [-0.3, -0.25) is 0 Å². The average molecular weight is 747 g/mol. The summed E-state index contributed by atoms with van der Waals surface area (Å²) < 4.78 is 15.6. The first-order valence-corrected chi connectivity index (χ1v) is 19.7. The average Bonchev–Trinajstić information content (AvgIpc) is 3.96. The van der Waals surface area contributed by atoms with Crippen LogP contribution < -0.4 is 0 Å². The molecule has 0 aliphatic heterocycles. The molecule has 1 atom stereocenters. The molecule has 7 aromatic carbocycles. The highest BCUT2D eigenvalue weighted by Crippen LogP contribution is 2.41. The molecular weight excluding hydrogens is 713 g/mol. The molecule has 274 valence electrons. The van der Waals surface area contributed by atoms with E-state index >= 15 is 0 Å². The van der Waals surface area contributed by atoms with Crippen molar-refractivity contribution in [1.29, 1.82) is 0 Å². The van der Waals surface area contributed by atoms with E-state index in [1.165, 1.54) is 10.8 Å². The smallest absolute Gasteiger partial charge is 0.164 e. The maximum atomic E-state index is 6.83. The molecule has 0 radical (unpaired) electrons. The van der Waals surface area contributed by atoms with Gasteiger partial charge in [-0.2, -0.15) is 0 Å². The van der Waals surface area contributed by atoms with Gasteiger partial charge >= 0.3 is 0 Å². The Morgan fingerprint density at radius 2 is 1.22 bits per heavy atom. The molecule has 0 saturated heterocycles. The van der Waals surface area contributed by atoms with Crippen molar-refractivity contribution in [3.8, 4) is 39.6 Å². The SMILES string of the molecule is CC1C=C(c2nc(-c3ccccc3)nc(-c3cccc4oc5ccc(-c6ccc7c(c6)oc6c(-n8c9ccccc9c9ccccc98)cccc67)cc5c34)n2)C=CC1. The second kappa shape index (κ2) is 12.7. The molecule has 1 unspecified atom stereocenters. The Balaban J connectivity index is 1.01. The van der Waals surface area contributed by atoms with Crippen molar-refractivity contribution in [2.24, 2.45) is 5.92 Å². The van der Waals surface area contributed by atoms with Gasteiger partial charge in [-0.15, -0.1) is 0 Å². The number of benzene rings is 7. The molecule has 4 heterocycles. The van der Waals surface area contributed by atoms with Crippen LogP contribution in [0, 0.1) is 5.92 Å². The summed E-state index contributed by atoms with van der Waals surface area (Å²) >= 11 is 0. The van der Waals surface area contributed by atoms with Crippen LogP contribution in [0.5, 0.6) is 0 Å². The number of rotatable bonds is 5. The summed E-state index contributed by atoms with van der Waals surface area (Å²) in [6.45, 7) is 2.22. The standard InChI is InChI=1S/C52H34N4O2/c1-31-12-9-15-35(28-31)51-53-50(32-13-3-2-4-14-32)54-52(55-51)40-19-11-23-46-48(40)41-29-33(25-27-45(41)57-46)34-24-26-38-39-18-10-22-44(49(39)58-47(38)30-34)56-42-20-7-5-16-36(42)37-17-6-8-21-43(37)56/h2-11,13-31H,12H2,1H3. The molecule has 0 amide bonds. The van der Waals surface area contributed by atoms with Crippen LogP contribution in [-0.4, -0.2) is 19.5 Å². The second-order valence-electron chi connectivity index (χ2n) is 15.2. The van der Waals surface area contributed by atoms with Gasteiger partial charge < -0.3 is 13.4 Å². The van der Waals surface area contributed by atoms with E-state index in [2.05, 4.69) is 139 Å². The molecule has 0 saturated carbocycles. The molecule has 4 aromatic heterocycles. The molecule has 0 fully saturated rings. The molecule has 11 aromatic rings. The molecule has 1 aliphatic carbocycles. The second-order valence-corrected chi connectivity index (χ2v) is 15.2. The zero-order valence-corrected chi connectivity index (χ0v) is 31.6. The van der Waals surface area contributed by atoms with Crippen LogP contribution in [0.3, 0.4) is 0 Å². The van der Waals surface area contributed by atoms with E-state index < -0.39 is 0 Å². The minimum Gasteiger partial charge on any atom is -0.456 e. The van der Waals surface area contributed by atoms with Crippen molar-refractivity contribution in [3.05, 3.63) is 176 Å². The fourth-order valence-corrected chi connectivity index (χ4v) is 8.84. The number of nitrogens with zero attached hydrogens (tertiary/aromatic N) is 4. The molecule has 0 N–H and O–H groups in total. The predicted molar refractivity (Wildman–Crippen MR) is 236 cm³/mol. The summed E-state index contributed by atoms with van der Waals surface area (Å²) in [5.41, 5.74) is 11.6. The lowest BCUT2D eigenvalue weighted by atomic mass is 9.97. The van der Waals surface area contributed by atoms with E-state index in [4.69, 9.17) is 23.8 Å². The molecule has 58 heavy (non-hydrogen) atoms. The van der Waals surface area contributed by atoms with Gasteiger partial charge in [0, 0.05) is 49.0 Å². The highest BCUT2D eigenvalue weighted by molar-refractivity contribution is 6.14. The third-order valence-electron chi connectivity index (χ3n) is 11.6. The van der Waals surface area contributed by atoms with E-state index in [0.717, 1.165) is 94.8 Å². The Morgan fingerprint density at radius 3 is 2.05 bits per heavy atom. The van der Waals surface area contributed by atoms with Crippen molar-refractivity contribution < 1.29 is 8.83 Å². The predicted octanol–water partition coefficient (Wildman–Crippen LogP) is 13.7. The van der Waals surface area contributed by atoms with E-state index in [1.807, 2.05) is 42.5 Å². The molecular formula is C52H34N4O2. The van der Waals surface area contributed by atoms with Crippen LogP contribution in [-0.2, 0) is 0 Å². The monoisotopic (exact) mass is 746 g/mol.